The van der Waals surface area contributed by atoms with Crippen molar-refractivity contribution in [2.45, 2.75) is 39.5 Å². The van der Waals surface area contributed by atoms with Gasteiger partial charge in [-0.25, -0.2) is 4.79 Å². The first-order valence-electron chi connectivity index (χ1n) is 4.81. The summed E-state index contributed by atoms with van der Waals surface area (Å²) in [4.78, 5) is 10.9. The first-order valence-corrected chi connectivity index (χ1v) is 4.81. The van der Waals surface area contributed by atoms with Crippen LogP contribution in [0.25, 0.3) is 0 Å². The van der Waals surface area contributed by atoms with Crippen LogP contribution in [0.5, 0.6) is 0 Å². The zero-order valence-corrected chi connectivity index (χ0v) is 8.70. The van der Waals surface area contributed by atoms with E-state index in [4.69, 9.17) is 9.63 Å². The van der Waals surface area contributed by atoms with Crippen LogP contribution in [0.4, 0.5) is 0 Å². The first-order chi connectivity index (χ1) is 6.61. The van der Waals surface area contributed by atoms with Gasteiger partial charge >= 0.3 is 5.97 Å². The molecule has 78 valence electrons. The second-order valence-electron chi connectivity index (χ2n) is 3.32. The highest BCUT2D eigenvalue weighted by Gasteiger charge is 2.24. The molecule has 0 aliphatic carbocycles. The molecule has 0 bridgehead atoms. The van der Waals surface area contributed by atoms with Crippen LogP contribution in [0.3, 0.4) is 0 Å². The zero-order valence-electron chi connectivity index (χ0n) is 8.70. The minimum atomic E-state index is -0.953. The van der Waals surface area contributed by atoms with Gasteiger partial charge in [0, 0.05) is 5.92 Å². The molecule has 1 N–H and O–H groups in total. The largest absolute Gasteiger partial charge is 0.477 e. The topological polar surface area (TPSA) is 63.3 Å². The van der Waals surface area contributed by atoms with E-state index in [1.54, 1.807) is 6.92 Å². The molecule has 0 saturated carbocycles. The second kappa shape index (κ2) is 4.26. The summed E-state index contributed by atoms with van der Waals surface area (Å²) in [6.07, 6.45) is 1.76. The lowest BCUT2D eigenvalue weighted by Gasteiger charge is -2.08. The molecule has 1 heterocycles. The van der Waals surface area contributed by atoms with Crippen molar-refractivity contribution in [3.63, 3.8) is 0 Å². The van der Waals surface area contributed by atoms with Crippen molar-refractivity contribution in [3.8, 4) is 0 Å². The smallest absolute Gasteiger partial charge is 0.341 e. The molecule has 0 fully saturated rings. The summed E-state index contributed by atoms with van der Waals surface area (Å²) in [5.74, 6) is -0.386. The third kappa shape index (κ3) is 1.78. The Balaban J connectivity index is 3.13. The maximum atomic E-state index is 10.9. The van der Waals surface area contributed by atoms with Crippen LogP contribution in [-0.4, -0.2) is 16.2 Å². The number of carboxylic acid groups (broad SMARTS) is 1. The van der Waals surface area contributed by atoms with Gasteiger partial charge in [0.05, 0.1) is 0 Å². The SMILES string of the molecule is CCC(CC)c1noc(C)c1C(=O)O. The van der Waals surface area contributed by atoms with Gasteiger partial charge in [-0.3, -0.25) is 0 Å². The molecule has 14 heavy (non-hydrogen) atoms. The fraction of sp³-hybridized carbons (Fsp3) is 0.600. The third-order valence-electron chi connectivity index (χ3n) is 2.48. The fourth-order valence-corrected chi connectivity index (χ4v) is 1.60. The number of aromatic nitrogens is 1. The number of aromatic carboxylic acids is 1. The summed E-state index contributed by atoms with van der Waals surface area (Å²) in [5.41, 5.74) is 0.818. The van der Waals surface area contributed by atoms with Crippen LogP contribution in [0.1, 0.15) is 54.4 Å². The highest BCUT2D eigenvalue weighted by molar-refractivity contribution is 5.90. The summed E-state index contributed by atoms with van der Waals surface area (Å²) in [7, 11) is 0. The third-order valence-corrected chi connectivity index (χ3v) is 2.48. The van der Waals surface area contributed by atoms with E-state index in [9.17, 15) is 4.79 Å². The highest BCUT2D eigenvalue weighted by Crippen LogP contribution is 2.26. The molecule has 0 spiro atoms. The fourth-order valence-electron chi connectivity index (χ4n) is 1.60. The minimum Gasteiger partial charge on any atom is -0.477 e. The summed E-state index contributed by atoms with van der Waals surface area (Å²) < 4.78 is 4.91. The molecule has 0 amide bonds. The predicted molar refractivity (Wildman–Crippen MR) is 51.5 cm³/mol. The monoisotopic (exact) mass is 197 g/mol. The van der Waals surface area contributed by atoms with Crippen LogP contribution < -0.4 is 0 Å². The molecular weight excluding hydrogens is 182 g/mol. The number of rotatable bonds is 4. The Morgan fingerprint density at radius 2 is 2.07 bits per heavy atom. The molecule has 0 radical (unpaired) electrons. The lowest BCUT2D eigenvalue weighted by Crippen LogP contribution is -2.06. The molecular formula is C10H15NO3. The quantitative estimate of drug-likeness (QED) is 0.805. The Hall–Kier alpha value is -1.32. The molecule has 1 rings (SSSR count). The van der Waals surface area contributed by atoms with E-state index in [1.807, 2.05) is 13.8 Å². The van der Waals surface area contributed by atoms with Gasteiger partial charge in [0.25, 0.3) is 0 Å². The maximum Gasteiger partial charge on any atom is 0.341 e. The van der Waals surface area contributed by atoms with Gasteiger partial charge in [-0.2, -0.15) is 0 Å². The van der Waals surface area contributed by atoms with Crippen molar-refractivity contribution in [1.29, 1.82) is 0 Å². The first kappa shape index (κ1) is 10.8. The van der Waals surface area contributed by atoms with Gasteiger partial charge in [-0.1, -0.05) is 19.0 Å². The van der Waals surface area contributed by atoms with Gasteiger partial charge in [-0.05, 0) is 19.8 Å². The Morgan fingerprint density at radius 1 is 1.50 bits per heavy atom. The van der Waals surface area contributed by atoms with Gasteiger partial charge in [0.15, 0.2) is 0 Å². The van der Waals surface area contributed by atoms with Crippen LogP contribution in [0, 0.1) is 6.92 Å². The molecule has 0 saturated heterocycles. The standard InChI is InChI=1S/C10H15NO3/c1-4-7(5-2)9-8(10(12)13)6(3)14-11-9/h7H,4-5H2,1-3H3,(H,12,13). The highest BCUT2D eigenvalue weighted by atomic mass is 16.5. The lowest BCUT2D eigenvalue weighted by molar-refractivity contribution is 0.0693. The molecule has 0 aliphatic heterocycles. The maximum absolute atomic E-state index is 10.9. The van der Waals surface area contributed by atoms with E-state index in [-0.39, 0.29) is 11.5 Å². The Kier molecular flexibility index (Phi) is 3.28. The molecule has 0 aromatic carbocycles. The summed E-state index contributed by atoms with van der Waals surface area (Å²) in [5, 5.41) is 12.8. The van der Waals surface area contributed by atoms with Gasteiger partial charge < -0.3 is 9.63 Å². The number of carboxylic acids is 1. The molecule has 4 nitrogen and oxygen atoms in total. The molecule has 4 heteroatoms. The molecule has 0 aliphatic rings. The molecule has 1 aromatic heterocycles. The number of hydrogen-bond donors (Lipinski definition) is 1. The minimum absolute atomic E-state index is 0.179. The van der Waals surface area contributed by atoms with Crippen molar-refractivity contribution in [2.75, 3.05) is 0 Å². The van der Waals surface area contributed by atoms with Crippen LogP contribution >= 0.6 is 0 Å². The van der Waals surface area contributed by atoms with E-state index in [0.717, 1.165) is 12.8 Å². The molecule has 0 unspecified atom stereocenters. The number of hydrogen-bond acceptors (Lipinski definition) is 3. The zero-order chi connectivity index (χ0) is 10.7. The van der Waals surface area contributed by atoms with Crippen molar-refractivity contribution in [1.82, 2.24) is 5.16 Å². The average Bonchev–Trinajstić information content (AvgIpc) is 2.50. The lowest BCUT2D eigenvalue weighted by atomic mass is 9.95. The van der Waals surface area contributed by atoms with E-state index in [0.29, 0.717) is 11.5 Å². The molecule has 1 aromatic rings. The van der Waals surface area contributed by atoms with Crippen molar-refractivity contribution in [2.24, 2.45) is 0 Å². The van der Waals surface area contributed by atoms with Crippen LogP contribution in [-0.2, 0) is 0 Å². The summed E-state index contributed by atoms with van der Waals surface area (Å²) in [6, 6.07) is 0. The van der Waals surface area contributed by atoms with E-state index < -0.39 is 5.97 Å². The Morgan fingerprint density at radius 3 is 2.50 bits per heavy atom. The number of aryl methyl sites for hydroxylation is 1. The van der Waals surface area contributed by atoms with Crippen molar-refractivity contribution in [3.05, 3.63) is 17.0 Å². The van der Waals surface area contributed by atoms with Crippen molar-refractivity contribution >= 4 is 5.97 Å². The summed E-state index contributed by atoms with van der Waals surface area (Å²) in [6.45, 7) is 5.66. The van der Waals surface area contributed by atoms with E-state index in [2.05, 4.69) is 5.16 Å². The van der Waals surface area contributed by atoms with Crippen molar-refractivity contribution < 1.29 is 14.4 Å². The Labute approximate surface area is 82.9 Å². The van der Waals surface area contributed by atoms with Gasteiger partial charge in [0.1, 0.15) is 17.0 Å². The summed E-state index contributed by atoms with van der Waals surface area (Å²) >= 11 is 0. The van der Waals surface area contributed by atoms with Crippen LogP contribution in [0.2, 0.25) is 0 Å². The average molecular weight is 197 g/mol. The molecule has 0 atom stereocenters. The number of nitrogens with zero attached hydrogens (tertiary/aromatic N) is 1. The van der Waals surface area contributed by atoms with E-state index in [1.165, 1.54) is 0 Å². The van der Waals surface area contributed by atoms with Crippen LogP contribution in [0.15, 0.2) is 4.52 Å². The predicted octanol–water partition coefficient (Wildman–Crippen LogP) is 2.58. The van der Waals surface area contributed by atoms with E-state index >= 15 is 0 Å². The second-order valence-corrected chi connectivity index (χ2v) is 3.32. The van der Waals surface area contributed by atoms with Gasteiger partial charge in [0.2, 0.25) is 0 Å². The normalized spacial score (nSPS) is 10.9. The Bertz CT molecular complexity index is 326. The number of carbonyl (C=O) groups is 1. The van der Waals surface area contributed by atoms with Gasteiger partial charge in [-0.15, -0.1) is 0 Å².